The van der Waals surface area contributed by atoms with Gasteiger partial charge >= 0.3 is 6.09 Å². The van der Waals surface area contributed by atoms with Crippen molar-refractivity contribution in [3.05, 3.63) is 0 Å². The zero-order chi connectivity index (χ0) is 19.2. The number of hydrogen-bond acceptors (Lipinski definition) is 5. The van der Waals surface area contributed by atoms with Crippen LogP contribution in [0, 0.1) is 11.8 Å². The number of imide groups is 1. The monoisotopic (exact) mass is 366 g/mol. The van der Waals surface area contributed by atoms with E-state index in [0.29, 0.717) is 19.4 Å². The number of rotatable bonds is 3. The van der Waals surface area contributed by atoms with E-state index >= 15 is 0 Å². The summed E-state index contributed by atoms with van der Waals surface area (Å²) in [5.74, 6) is -1.58. The van der Waals surface area contributed by atoms with Crippen LogP contribution in [0.25, 0.3) is 0 Å². The summed E-state index contributed by atoms with van der Waals surface area (Å²) in [6.07, 6.45) is 1.90. The normalized spacial score (nSPS) is 34.1. The van der Waals surface area contributed by atoms with Crippen molar-refractivity contribution in [3.8, 4) is 0 Å². The third-order valence-corrected chi connectivity index (χ3v) is 5.75. The predicted octanol–water partition coefficient (Wildman–Crippen LogP) is 1.92. The first-order chi connectivity index (χ1) is 12.2. The van der Waals surface area contributed by atoms with Crippen LogP contribution in [0.2, 0.25) is 0 Å². The molecule has 0 aromatic carbocycles. The fourth-order valence-electron chi connectivity index (χ4n) is 4.63. The number of carbonyl (C=O) groups is 3. The van der Waals surface area contributed by atoms with Gasteiger partial charge in [0.05, 0.1) is 24.0 Å². The van der Waals surface area contributed by atoms with E-state index in [-0.39, 0.29) is 18.4 Å². The number of aliphatic hydroxyl groups is 1. The van der Waals surface area contributed by atoms with Gasteiger partial charge in [0.15, 0.2) is 0 Å². The van der Waals surface area contributed by atoms with Crippen molar-refractivity contribution < 1.29 is 24.2 Å². The van der Waals surface area contributed by atoms with E-state index < -0.39 is 41.6 Å². The van der Waals surface area contributed by atoms with Crippen LogP contribution in [0.3, 0.4) is 0 Å². The first kappa shape index (κ1) is 19.1. The minimum atomic E-state index is -0.823. The molecular formula is C19H30N2O5. The van der Waals surface area contributed by atoms with Crippen molar-refractivity contribution in [2.24, 2.45) is 11.8 Å². The minimum Gasteiger partial charge on any atom is -0.443 e. The van der Waals surface area contributed by atoms with Gasteiger partial charge in [-0.1, -0.05) is 13.3 Å². The number of nitrogens with zero attached hydrogens (tertiary/aromatic N) is 2. The van der Waals surface area contributed by atoms with E-state index in [1.807, 2.05) is 0 Å². The molecule has 26 heavy (non-hydrogen) atoms. The van der Waals surface area contributed by atoms with Gasteiger partial charge in [0.25, 0.3) is 0 Å². The van der Waals surface area contributed by atoms with Crippen molar-refractivity contribution in [2.75, 3.05) is 6.54 Å². The van der Waals surface area contributed by atoms with Gasteiger partial charge in [0.2, 0.25) is 11.8 Å². The Labute approximate surface area is 154 Å². The van der Waals surface area contributed by atoms with E-state index in [2.05, 4.69) is 6.92 Å². The highest BCUT2D eigenvalue weighted by atomic mass is 16.6. The van der Waals surface area contributed by atoms with Crippen LogP contribution in [0.4, 0.5) is 4.79 Å². The zero-order valence-corrected chi connectivity index (χ0v) is 16.1. The third kappa shape index (κ3) is 3.21. The minimum absolute atomic E-state index is 0.0117. The average molecular weight is 366 g/mol. The average Bonchev–Trinajstić information content (AvgIpc) is 2.50. The standard InChI is InChI=1S/C19H30N2O5/c1-5-6-9-20-12-8-7-11(16(20)23)13-10-14(22)15(12)17(24)21(13)18(25)26-19(2,3)4/h11-15,22H,5-10H2,1-4H3/t11-,12+,13-,14+,15-/m0/s1. The molecule has 146 valence electrons. The van der Waals surface area contributed by atoms with Crippen LogP contribution in [0.15, 0.2) is 0 Å². The smallest absolute Gasteiger partial charge is 0.417 e. The molecule has 0 aromatic heterocycles. The van der Waals surface area contributed by atoms with Crippen molar-refractivity contribution in [3.63, 3.8) is 0 Å². The van der Waals surface area contributed by atoms with Crippen LogP contribution < -0.4 is 0 Å². The van der Waals surface area contributed by atoms with Gasteiger partial charge < -0.3 is 14.7 Å². The topological polar surface area (TPSA) is 87.2 Å². The molecule has 0 spiro atoms. The van der Waals surface area contributed by atoms with Crippen LogP contribution >= 0.6 is 0 Å². The highest BCUT2D eigenvalue weighted by Gasteiger charge is 2.58. The number of aliphatic hydroxyl groups excluding tert-OH is 1. The Bertz CT molecular complexity index is 599. The Morgan fingerprint density at radius 3 is 2.50 bits per heavy atom. The van der Waals surface area contributed by atoms with Crippen molar-refractivity contribution in [1.82, 2.24) is 9.80 Å². The summed E-state index contributed by atoms with van der Waals surface area (Å²) in [5.41, 5.74) is -0.728. The summed E-state index contributed by atoms with van der Waals surface area (Å²) < 4.78 is 5.43. The molecule has 6 aliphatic rings. The second-order valence-electron chi connectivity index (χ2n) is 8.72. The van der Waals surface area contributed by atoms with E-state index in [4.69, 9.17) is 4.74 Å². The number of amides is 3. The largest absolute Gasteiger partial charge is 0.443 e. The molecule has 0 aromatic rings. The van der Waals surface area contributed by atoms with Crippen molar-refractivity contribution >= 4 is 17.9 Å². The molecule has 0 unspecified atom stereocenters. The van der Waals surface area contributed by atoms with Gasteiger partial charge in [-0.2, -0.15) is 0 Å². The second kappa shape index (κ2) is 6.83. The van der Waals surface area contributed by atoms with Crippen LogP contribution in [0.5, 0.6) is 0 Å². The molecule has 1 aliphatic carbocycles. The maximum Gasteiger partial charge on any atom is 0.417 e. The Morgan fingerprint density at radius 1 is 1.19 bits per heavy atom. The molecule has 0 radical (unpaired) electrons. The summed E-state index contributed by atoms with van der Waals surface area (Å²) in [6.45, 7) is 7.90. The highest BCUT2D eigenvalue weighted by Crippen LogP contribution is 2.44. The Kier molecular flexibility index (Phi) is 5.03. The lowest BCUT2D eigenvalue weighted by Crippen LogP contribution is -2.70. The molecule has 5 saturated heterocycles. The lowest BCUT2D eigenvalue weighted by Gasteiger charge is -2.54. The van der Waals surface area contributed by atoms with Gasteiger partial charge in [-0.15, -0.1) is 0 Å². The number of piperidine rings is 2. The van der Waals surface area contributed by atoms with E-state index in [1.165, 1.54) is 0 Å². The fraction of sp³-hybridized carbons (Fsp3) is 0.842. The van der Waals surface area contributed by atoms with Crippen molar-refractivity contribution in [2.45, 2.75) is 83.6 Å². The molecule has 6 fully saturated rings. The summed E-state index contributed by atoms with van der Waals surface area (Å²) in [6, 6.07) is -0.958. The highest BCUT2D eigenvalue weighted by molar-refractivity contribution is 5.97. The molecular weight excluding hydrogens is 336 g/mol. The molecule has 5 aliphatic heterocycles. The lowest BCUT2D eigenvalue weighted by molar-refractivity contribution is -0.174. The van der Waals surface area contributed by atoms with Crippen LogP contribution in [0.1, 0.15) is 59.8 Å². The number of carbonyl (C=O) groups excluding carboxylic acids is 3. The molecule has 4 bridgehead atoms. The lowest BCUT2D eigenvalue weighted by atomic mass is 9.69. The quantitative estimate of drug-likeness (QED) is 0.824. The zero-order valence-electron chi connectivity index (χ0n) is 16.1. The Hall–Kier alpha value is -1.63. The molecule has 7 heteroatoms. The third-order valence-electron chi connectivity index (χ3n) is 5.75. The first-order valence-corrected chi connectivity index (χ1v) is 9.70. The maximum atomic E-state index is 13.1. The number of ether oxygens (including phenoxy) is 1. The Morgan fingerprint density at radius 2 is 1.88 bits per heavy atom. The second-order valence-corrected chi connectivity index (χ2v) is 8.72. The van der Waals surface area contributed by atoms with Crippen LogP contribution in [-0.2, 0) is 14.3 Å². The molecule has 6 rings (SSSR count). The predicted molar refractivity (Wildman–Crippen MR) is 94.1 cm³/mol. The molecule has 5 heterocycles. The summed E-state index contributed by atoms with van der Waals surface area (Å²) in [7, 11) is 0. The van der Waals surface area contributed by atoms with Crippen molar-refractivity contribution in [1.29, 1.82) is 0 Å². The van der Waals surface area contributed by atoms with Gasteiger partial charge in [-0.05, 0) is 46.5 Å². The molecule has 7 nitrogen and oxygen atoms in total. The van der Waals surface area contributed by atoms with E-state index in [1.54, 1.807) is 25.7 Å². The van der Waals surface area contributed by atoms with Crippen LogP contribution in [-0.4, -0.2) is 63.1 Å². The summed E-state index contributed by atoms with van der Waals surface area (Å²) >= 11 is 0. The molecule has 1 N–H and O–H groups in total. The van der Waals surface area contributed by atoms with Gasteiger partial charge in [0, 0.05) is 12.6 Å². The van der Waals surface area contributed by atoms with Gasteiger partial charge in [-0.25, -0.2) is 9.69 Å². The van der Waals surface area contributed by atoms with E-state index in [9.17, 15) is 19.5 Å². The summed E-state index contributed by atoms with van der Waals surface area (Å²) in [5, 5.41) is 10.6. The molecule has 3 amide bonds. The number of unbranched alkanes of at least 4 members (excludes halogenated alkanes) is 1. The first-order valence-electron chi connectivity index (χ1n) is 9.70. The molecule has 5 atom stereocenters. The fourth-order valence-corrected chi connectivity index (χ4v) is 4.63. The maximum absolute atomic E-state index is 13.1. The molecule has 1 saturated carbocycles. The SMILES string of the molecule is CCCCN1C(=O)[C@H]2CC[C@@H]1[C@@H]1C(=O)N(C(=O)OC(C)(C)C)[C@H]2C[C@H]1O. The van der Waals surface area contributed by atoms with E-state index in [0.717, 1.165) is 17.7 Å². The van der Waals surface area contributed by atoms with Gasteiger partial charge in [0.1, 0.15) is 5.60 Å². The summed E-state index contributed by atoms with van der Waals surface area (Å²) in [4.78, 5) is 41.8. The number of hydrogen-bond donors (Lipinski definition) is 1. The Balaban J connectivity index is 1.95. The van der Waals surface area contributed by atoms with Gasteiger partial charge in [-0.3, -0.25) is 9.59 Å².